The van der Waals surface area contributed by atoms with Gasteiger partial charge in [-0.05, 0) is 36.8 Å². The zero-order valence-electron chi connectivity index (χ0n) is 19.2. The second kappa shape index (κ2) is 10.8. The summed E-state index contributed by atoms with van der Waals surface area (Å²) in [6.45, 7) is 2.64. The molecule has 2 aromatic carbocycles. The van der Waals surface area contributed by atoms with Crippen LogP contribution in [0.25, 0.3) is 11.0 Å². The van der Waals surface area contributed by atoms with E-state index < -0.39 is 6.04 Å². The number of fused-ring (bicyclic) bond motifs is 1. The third-order valence-corrected chi connectivity index (χ3v) is 5.53. The second-order valence-corrected chi connectivity index (χ2v) is 7.93. The number of benzene rings is 2. The summed E-state index contributed by atoms with van der Waals surface area (Å²) in [6, 6.07) is 17.7. The fourth-order valence-corrected chi connectivity index (χ4v) is 3.75. The molecule has 0 aliphatic carbocycles. The van der Waals surface area contributed by atoms with Gasteiger partial charge in [0.1, 0.15) is 23.9 Å². The molecule has 2 heterocycles. The Morgan fingerprint density at radius 2 is 1.91 bits per heavy atom. The van der Waals surface area contributed by atoms with Gasteiger partial charge >= 0.3 is 0 Å². The number of carbonyl (C=O) groups is 2. The molecule has 0 bridgehead atoms. The molecule has 4 rings (SSSR count). The van der Waals surface area contributed by atoms with Gasteiger partial charge in [-0.2, -0.15) is 0 Å². The number of hydrogen-bond acceptors (Lipinski definition) is 6. The first-order chi connectivity index (χ1) is 16.6. The van der Waals surface area contributed by atoms with E-state index in [1.807, 2.05) is 55.5 Å². The van der Waals surface area contributed by atoms with Crippen LogP contribution in [0.15, 0.2) is 71.3 Å². The van der Waals surface area contributed by atoms with Crippen molar-refractivity contribution in [3.63, 3.8) is 0 Å². The monoisotopic (exact) mass is 461 g/mol. The predicted octanol–water partition coefficient (Wildman–Crippen LogP) is 2.87. The quantitative estimate of drug-likeness (QED) is 0.390. The van der Waals surface area contributed by atoms with Gasteiger partial charge in [0.05, 0.1) is 24.9 Å². The van der Waals surface area contributed by atoms with Crippen LogP contribution < -0.4 is 5.32 Å². The van der Waals surface area contributed by atoms with Crippen LogP contribution in [0.1, 0.15) is 22.9 Å². The van der Waals surface area contributed by atoms with E-state index in [0.29, 0.717) is 16.8 Å². The van der Waals surface area contributed by atoms with Crippen molar-refractivity contribution in [2.75, 3.05) is 20.3 Å². The van der Waals surface area contributed by atoms with Crippen LogP contribution in [0.3, 0.4) is 0 Å². The SMILES string of the molecule is COCCN(C(=O)Cn1nnc2ccccc21)[C@@H](C(=O)NCc1ccco1)c1ccc(C)cc1. The molecule has 9 nitrogen and oxygen atoms in total. The van der Waals surface area contributed by atoms with Crippen LogP contribution >= 0.6 is 0 Å². The summed E-state index contributed by atoms with van der Waals surface area (Å²) in [6.07, 6.45) is 1.55. The minimum Gasteiger partial charge on any atom is -0.467 e. The molecule has 0 aliphatic heterocycles. The molecular weight excluding hydrogens is 434 g/mol. The summed E-state index contributed by atoms with van der Waals surface area (Å²) >= 11 is 0. The Kier molecular flexibility index (Phi) is 7.34. The van der Waals surface area contributed by atoms with E-state index in [-0.39, 0.29) is 38.1 Å². The minimum atomic E-state index is -0.854. The Morgan fingerprint density at radius 3 is 2.65 bits per heavy atom. The van der Waals surface area contributed by atoms with Crippen LogP contribution in [0.5, 0.6) is 0 Å². The van der Waals surface area contributed by atoms with Crippen LogP contribution in [-0.2, 0) is 27.4 Å². The van der Waals surface area contributed by atoms with Crippen molar-refractivity contribution < 1.29 is 18.7 Å². The number of hydrogen-bond donors (Lipinski definition) is 1. The lowest BCUT2D eigenvalue weighted by Crippen LogP contribution is -2.46. The van der Waals surface area contributed by atoms with E-state index in [2.05, 4.69) is 15.6 Å². The van der Waals surface area contributed by atoms with E-state index in [4.69, 9.17) is 9.15 Å². The molecule has 0 spiro atoms. The van der Waals surface area contributed by atoms with E-state index >= 15 is 0 Å². The number of nitrogens with one attached hydrogen (secondary N) is 1. The number of furan rings is 1. The van der Waals surface area contributed by atoms with E-state index in [1.165, 1.54) is 4.90 Å². The lowest BCUT2D eigenvalue weighted by molar-refractivity contribution is -0.142. The van der Waals surface area contributed by atoms with Crippen LogP contribution in [0, 0.1) is 6.92 Å². The number of aryl methyl sites for hydroxylation is 1. The molecule has 2 amide bonds. The standard InChI is InChI=1S/C25H27N5O4/c1-18-9-11-19(12-10-18)24(25(32)26-16-20-6-5-14-34-20)29(13-15-33-2)23(31)17-30-22-8-4-3-7-21(22)27-28-30/h3-12,14,24H,13,15-17H2,1-2H3,(H,26,32)/t24-/m1/s1. The molecule has 0 aliphatic rings. The molecule has 1 atom stereocenters. The topological polar surface area (TPSA) is 102 Å². The summed E-state index contributed by atoms with van der Waals surface area (Å²) in [5.41, 5.74) is 3.21. The lowest BCUT2D eigenvalue weighted by Gasteiger charge is -2.31. The number of para-hydroxylation sites is 1. The zero-order chi connectivity index (χ0) is 23.9. The van der Waals surface area contributed by atoms with Crippen molar-refractivity contribution in [2.24, 2.45) is 0 Å². The number of aromatic nitrogens is 3. The fraction of sp³-hybridized carbons (Fsp3) is 0.280. The van der Waals surface area contributed by atoms with Crippen molar-refractivity contribution >= 4 is 22.8 Å². The van der Waals surface area contributed by atoms with Crippen LogP contribution in [0.4, 0.5) is 0 Å². The van der Waals surface area contributed by atoms with E-state index in [0.717, 1.165) is 11.1 Å². The average molecular weight is 462 g/mol. The molecule has 34 heavy (non-hydrogen) atoms. The molecular formula is C25H27N5O4. The van der Waals surface area contributed by atoms with Gasteiger partial charge in [-0.25, -0.2) is 4.68 Å². The van der Waals surface area contributed by atoms with Crippen molar-refractivity contribution in [3.05, 3.63) is 83.8 Å². The van der Waals surface area contributed by atoms with E-state index in [9.17, 15) is 9.59 Å². The third-order valence-electron chi connectivity index (χ3n) is 5.53. The summed E-state index contributed by atoms with van der Waals surface area (Å²) in [5.74, 6) is 0.0411. The Morgan fingerprint density at radius 1 is 1.12 bits per heavy atom. The maximum Gasteiger partial charge on any atom is 0.247 e. The number of methoxy groups -OCH3 is 1. The Bertz CT molecular complexity index is 1230. The maximum atomic E-state index is 13.6. The van der Waals surface area contributed by atoms with Gasteiger partial charge in [-0.3, -0.25) is 9.59 Å². The minimum absolute atomic E-state index is 0.0575. The largest absolute Gasteiger partial charge is 0.467 e. The third kappa shape index (κ3) is 5.32. The first-order valence-corrected chi connectivity index (χ1v) is 11.0. The Balaban J connectivity index is 1.63. The van der Waals surface area contributed by atoms with Gasteiger partial charge in [-0.15, -0.1) is 5.10 Å². The normalized spacial score (nSPS) is 11.9. The van der Waals surface area contributed by atoms with E-state index in [1.54, 1.807) is 30.2 Å². The highest BCUT2D eigenvalue weighted by atomic mass is 16.5. The maximum absolute atomic E-state index is 13.6. The summed E-state index contributed by atoms with van der Waals surface area (Å²) in [7, 11) is 1.56. The number of amides is 2. The molecule has 0 fully saturated rings. The second-order valence-electron chi connectivity index (χ2n) is 7.93. The summed E-state index contributed by atoms with van der Waals surface area (Å²) in [4.78, 5) is 28.5. The Labute approximate surface area is 197 Å². The van der Waals surface area contributed by atoms with Gasteiger partial charge in [-0.1, -0.05) is 47.2 Å². The van der Waals surface area contributed by atoms with Gasteiger partial charge in [0.15, 0.2) is 0 Å². The molecule has 0 saturated carbocycles. The number of nitrogens with zero attached hydrogens (tertiary/aromatic N) is 4. The summed E-state index contributed by atoms with van der Waals surface area (Å²) < 4.78 is 12.1. The summed E-state index contributed by atoms with van der Waals surface area (Å²) in [5, 5.41) is 11.2. The van der Waals surface area contributed by atoms with Crippen molar-refractivity contribution in [1.29, 1.82) is 0 Å². The molecule has 4 aromatic rings. The van der Waals surface area contributed by atoms with Crippen molar-refractivity contribution in [1.82, 2.24) is 25.2 Å². The molecule has 2 aromatic heterocycles. The fourth-order valence-electron chi connectivity index (χ4n) is 3.75. The predicted molar refractivity (Wildman–Crippen MR) is 126 cm³/mol. The van der Waals surface area contributed by atoms with Crippen LogP contribution in [0.2, 0.25) is 0 Å². The highest BCUT2D eigenvalue weighted by Gasteiger charge is 2.31. The number of carbonyl (C=O) groups excluding carboxylic acids is 2. The van der Waals surface area contributed by atoms with Crippen molar-refractivity contribution in [3.8, 4) is 0 Å². The van der Waals surface area contributed by atoms with Gasteiger partial charge in [0.25, 0.3) is 0 Å². The molecule has 1 N–H and O–H groups in total. The molecule has 0 radical (unpaired) electrons. The number of rotatable bonds is 10. The first-order valence-electron chi connectivity index (χ1n) is 11.0. The zero-order valence-corrected chi connectivity index (χ0v) is 19.2. The van der Waals surface area contributed by atoms with Gasteiger partial charge < -0.3 is 19.4 Å². The number of ether oxygens (including phenoxy) is 1. The highest BCUT2D eigenvalue weighted by molar-refractivity contribution is 5.89. The van der Waals surface area contributed by atoms with Crippen LogP contribution in [-0.4, -0.2) is 52.0 Å². The highest BCUT2D eigenvalue weighted by Crippen LogP contribution is 2.23. The first kappa shape index (κ1) is 23.2. The van der Waals surface area contributed by atoms with Gasteiger partial charge in [0.2, 0.25) is 11.8 Å². The molecule has 9 heteroatoms. The average Bonchev–Trinajstić information content (AvgIpc) is 3.51. The molecule has 176 valence electrons. The lowest BCUT2D eigenvalue weighted by atomic mass is 10.0. The molecule has 0 unspecified atom stereocenters. The van der Waals surface area contributed by atoms with Gasteiger partial charge in [0, 0.05) is 13.7 Å². The Hall–Kier alpha value is -3.98. The smallest absolute Gasteiger partial charge is 0.247 e. The van der Waals surface area contributed by atoms with Crippen molar-refractivity contribution in [2.45, 2.75) is 26.1 Å². The molecule has 0 saturated heterocycles.